The molecule has 132 valence electrons. The average molecular weight is 351 g/mol. The lowest BCUT2D eigenvalue weighted by molar-refractivity contribution is 0.0944. The molecule has 0 unspecified atom stereocenters. The number of aliphatic hydroxyl groups is 1. The van der Waals surface area contributed by atoms with Crippen LogP contribution in [0.4, 0.5) is 10.1 Å². The van der Waals surface area contributed by atoms with Crippen molar-refractivity contribution in [1.29, 1.82) is 5.41 Å². The van der Waals surface area contributed by atoms with Gasteiger partial charge in [-0.1, -0.05) is 36.4 Å². The van der Waals surface area contributed by atoms with Crippen molar-refractivity contribution in [2.45, 2.75) is 0 Å². The number of nitrogens with one attached hydrogen (secondary N) is 2. The minimum atomic E-state index is -0.762. The maximum Gasteiger partial charge on any atom is 0.251 e. The van der Waals surface area contributed by atoms with Crippen LogP contribution < -0.4 is 11.1 Å². The van der Waals surface area contributed by atoms with Crippen molar-refractivity contribution in [2.24, 2.45) is 0 Å². The number of halogens is 1. The van der Waals surface area contributed by atoms with E-state index in [1.165, 1.54) is 6.07 Å². The van der Waals surface area contributed by atoms with Gasteiger partial charge in [-0.3, -0.25) is 10.2 Å². The number of fused-ring (bicyclic) bond motifs is 1. The number of amides is 1. The lowest BCUT2D eigenvalue weighted by Gasteiger charge is -2.12. The van der Waals surface area contributed by atoms with Gasteiger partial charge >= 0.3 is 0 Å². The van der Waals surface area contributed by atoms with Gasteiger partial charge < -0.3 is 16.2 Å². The van der Waals surface area contributed by atoms with Crippen molar-refractivity contribution < 1.29 is 14.3 Å². The van der Waals surface area contributed by atoms with Crippen LogP contribution in [0.5, 0.6) is 0 Å². The Bertz CT molecular complexity index is 1000. The van der Waals surface area contributed by atoms with Gasteiger partial charge in [0.1, 0.15) is 5.82 Å². The van der Waals surface area contributed by atoms with Crippen molar-refractivity contribution in [3.8, 4) is 0 Å². The number of benzene rings is 3. The molecule has 26 heavy (non-hydrogen) atoms. The standard InChI is InChI=1S/C20H18FN3O2/c21-17-11-15(20(26)24-7-8-25)10-16(19(17)23)18(22)14-6-5-12-3-1-2-4-13(12)9-14/h1-6,9-11,22,25H,7-8,23H2,(H,24,26). The zero-order valence-corrected chi connectivity index (χ0v) is 13.9. The first-order chi connectivity index (χ1) is 12.5. The second-order valence-corrected chi connectivity index (χ2v) is 5.84. The van der Waals surface area contributed by atoms with Gasteiger partial charge in [0.15, 0.2) is 0 Å². The van der Waals surface area contributed by atoms with Crippen LogP contribution in [0, 0.1) is 11.2 Å². The number of nitrogen functional groups attached to an aromatic ring is 1. The largest absolute Gasteiger partial charge is 0.396 e. The minimum Gasteiger partial charge on any atom is -0.396 e. The number of carbonyl (C=O) groups excluding carboxylic acids is 1. The fourth-order valence-corrected chi connectivity index (χ4v) is 2.73. The fourth-order valence-electron chi connectivity index (χ4n) is 2.73. The Hall–Kier alpha value is -3.25. The smallest absolute Gasteiger partial charge is 0.251 e. The van der Waals surface area contributed by atoms with Gasteiger partial charge in [0.2, 0.25) is 0 Å². The summed E-state index contributed by atoms with van der Waals surface area (Å²) < 4.78 is 14.2. The van der Waals surface area contributed by atoms with E-state index in [1.807, 2.05) is 36.4 Å². The lowest BCUT2D eigenvalue weighted by Crippen LogP contribution is -2.27. The number of carbonyl (C=O) groups is 1. The van der Waals surface area contributed by atoms with Gasteiger partial charge in [0.25, 0.3) is 5.91 Å². The van der Waals surface area contributed by atoms with Crippen molar-refractivity contribution in [3.05, 3.63) is 77.1 Å². The van der Waals surface area contributed by atoms with Gasteiger partial charge in [-0.25, -0.2) is 4.39 Å². The molecule has 0 aliphatic heterocycles. The van der Waals surface area contributed by atoms with E-state index in [2.05, 4.69) is 5.32 Å². The van der Waals surface area contributed by atoms with Crippen molar-refractivity contribution in [2.75, 3.05) is 18.9 Å². The molecule has 3 aromatic rings. The molecule has 0 aliphatic rings. The van der Waals surface area contributed by atoms with E-state index in [-0.39, 0.29) is 35.7 Å². The predicted octanol–water partition coefficient (Wildman–Crippen LogP) is 2.70. The summed E-state index contributed by atoms with van der Waals surface area (Å²) in [6, 6.07) is 15.6. The monoisotopic (exact) mass is 351 g/mol. The quantitative estimate of drug-likeness (QED) is 0.420. The highest BCUT2D eigenvalue weighted by atomic mass is 19.1. The number of hydrogen-bond donors (Lipinski definition) is 4. The van der Waals surface area contributed by atoms with E-state index >= 15 is 0 Å². The molecule has 5 N–H and O–H groups in total. The Morgan fingerprint density at radius 1 is 1.08 bits per heavy atom. The molecular formula is C20H18FN3O2. The number of nitrogens with two attached hydrogens (primary N) is 1. The first-order valence-electron chi connectivity index (χ1n) is 8.07. The van der Waals surface area contributed by atoms with Crippen LogP contribution in [-0.2, 0) is 0 Å². The highest BCUT2D eigenvalue weighted by Crippen LogP contribution is 2.24. The molecule has 0 atom stereocenters. The normalized spacial score (nSPS) is 10.7. The summed E-state index contributed by atoms with van der Waals surface area (Å²) in [6.07, 6.45) is 0. The summed E-state index contributed by atoms with van der Waals surface area (Å²) in [5.41, 5.74) is 6.43. The molecule has 1 amide bonds. The van der Waals surface area contributed by atoms with Crippen LogP contribution in [0.2, 0.25) is 0 Å². The molecule has 0 saturated carbocycles. The first kappa shape index (κ1) is 17.6. The van der Waals surface area contributed by atoms with E-state index in [1.54, 1.807) is 6.07 Å². The highest BCUT2D eigenvalue weighted by Gasteiger charge is 2.17. The molecule has 0 spiro atoms. The summed E-state index contributed by atoms with van der Waals surface area (Å²) >= 11 is 0. The van der Waals surface area contributed by atoms with Crippen LogP contribution >= 0.6 is 0 Å². The van der Waals surface area contributed by atoms with Crippen LogP contribution in [0.25, 0.3) is 10.8 Å². The third kappa shape index (κ3) is 3.41. The SMILES string of the molecule is N=C(c1ccc2ccccc2c1)c1cc(C(=O)NCCO)cc(F)c1N. The molecule has 3 aromatic carbocycles. The first-order valence-corrected chi connectivity index (χ1v) is 8.07. The lowest BCUT2D eigenvalue weighted by atomic mass is 9.96. The van der Waals surface area contributed by atoms with Crippen molar-refractivity contribution in [3.63, 3.8) is 0 Å². The van der Waals surface area contributed by atoms with Gasteiger partial charge in [0, 0.05) is 23.2 Å². The maximum absolute atomic E-state index is 14.2. The van der Waals surface area contributed by atoms with Crippen molar-refractivity contribution >= 4 is 28.1 Å². The molecule has 0 saturated heterocycles. The van der Waals surface area contributed by atoms with Crippen LogP contribution in [0.1, 0.15) is 21.5 Å². The number of rotatable bonds is 5. The second-order valence-electron chi connectivity index (χ2n) is 5.84. The number of aliphatic hydroxyl groups excluding tert-OH is 1. The van der Waals surface area contributed by atoms with Gasteiger partial charge in [-0.2, -0.15) is 0 Å². The predicted molar refractivity (Wildman–Crippen MR) is 100 cm³/mol. The molecule has 6 heteroatoms. The summed E-state index contributed by atoms with van der Waals surface area (Å²) in [4.78, 5) is 12.1. The Balaban J connectivity index is 2.02. The molecule has 0 bridgehead atoms. The summed E-state index contributed by atoms with van der Waals surface area (Å²) in [5, 5.41) is 21.7. The topological polar surface area (TPSA) is 99.2 Å². The molecule has 0 aromatic heterocycles. The van der Waals surface area contributed by atoms with E-state index in [4.69, 9.17) is 16.2 Å². The highest BCUT2D eigenvalue weighted by molar-refractivity contribution is 6.16. The maximum atomic E-state index is 14.2. The fraction of sp³-hybridized carbons (Fsp3) is 0.100. The van der Waals surface area contributed by atoms with Crippen LogP contribution in [-0.4, -0.2) is 29.9 Å². The molecule has 0 aliphatic carbocycles. The molecule has 0 heterocycles. The molecule has 5 nitrogen and oxygen atoms in total. The third-order valence-corrected chi connectivity index (χ3v) is 4.10. The Labute approximate surface area is 149 Å². The number of anilines is 1. The van der Waals surface area contributed by atoms with E-state index in [0.717, 1.165) is 16.8 Å². The van der Waals surface area contributed by atoms with Crippen LogP contribution in [0.3, 0.4) is 0 Å². The van der Waals surface area contributed by atoms with E-state index < -0.39 is 11.7 Å². The molecular weight excluding hydrogens is 333 g/mol. The molecule has 0 fully saturated rings. The average Bonchev–Trinajstić information content (AvgIpc) is 2.67. The zero-order chi connectivity index (χ0) is 18.7. The zero-order valence-electron chi connectivity index (χ0n) is 13.9. The van der Waals surface area contributed by atoms with Crippen molar-refractivity contribution in [1.82, 2.24) is 5.32 Å². The van der Waals surface area contributed by atoms with E-state index in [9.17, 15) is 9.18 Å². The molecule has 0 radical (unpaired) electrons. The third-order valence-electron chi connectivity index (χ3n) is 4.10. The van der Waals surface area contributed by atoms with Gasteiger partial charge in [-0.05, 0) is 29.0 Å². The van der Waals surface area contributed by atoms with Crippen LogP contribution in [0.15, 0.2) is 54.6 Å². The van der Waals surface area contributed by atoms with Gasteiger partial charge in [0.05, 0.1) is 18.0 Å². The van der Waals surface area contributed by atoms with E-state index in [0.29, 0.717) is 5.56 Å². The molecule has 3 rings (SSSR count). The Kier molecular flexibility index (Phi) is 4.95. The Morgan fingerprint density at radius 3 is 2.54 bits per heavy atom. The summed E-state index contributed by atoms with van der Waals surface area (Å²) in [6.45, 7) is -0.161. The minimum absolute atomic E-state index is 0.0314. The second kappa shape index (κ2) is 7.33. The van der Waals surface area contributed by atoms with Gasteiger partial charge in [-0.15, -0.1) is 0 Å². The Morgan fingerprint density at radius 2 is 1.81 bits per heavy atom. The summed E-state index contributed by atoms with van der Waals surface area (Å²) in [5.74, 6) is -1.30. The number of hydrogen-bond acceptors (Lipinski definition) is 4. The summed E-state index contributed by atoms with van der Waals surface area (Å²) in [7, 11) is 0.